The van der Waals surface area contributed by atoms with Gasteiger partial charge in [0.1, 0.15) is 0 Å². The third-order valence-corrected chi connectivity index (χ3v) is 7.87. The third-order valence-electron chi connectivity index (χ3n) is 5.97. The molecule has 0 radical (unpaired) electrons. The van der Waals surface area contributed by atoms with E-state index in [9.17, 15) is 13.2 Å². The van der Waals surface area contributed by atoms with Crippen LogP contribution in [0.1, 0.15) is 36.0 Å². The van der Waals surface area contributed by atoms with Crippen LogP contribution in [0.5, 0.6) is 0 Å². The first-order valence-electron chi connectivity index (χ1n) is 10.8. The molecule has 2 aromatic rings. The van der Waals surface area contributed by atoms with E-state index in [1.807, 2.05) is 35.2 Å². The lowest BCUT2D eigenvalue weighted by Gasteiger charge is -2.35. The molecule has 2 fully saturated rings. The number of amides is 1. The van der Waals surface area contributed by atoms with Crippen molar-refractivity contribution in [2.24, 2.45) is 0 Å². The van der Waals surface area contributed by atoms with Gasteiger partial charge in [-0.05, 0) is 43.2 Å². The van der Waals surface area contributed by atoms with E-state index < -0.39 is 10.0 Å². The third kappa shape index (κ3) is 4.52. The number of para-hydroxylation sites is 1. The van der Waals surface area contributed by atoms with Gasteiger partial charge in [-0.15, -0.1) is 0 Å². The first-order chi connectivity index (χ1) is 14.6. The minimum absolute atomic E-state index is 0.0668. The van der Waals surface area contributed by atoms with Gasteiger partial charge < -0.3 is 9.80 Å². The summed E-state index contributed by atoms with van der Waals surface area (Å²) < 4.78 is 28.0. The molecule has 0 saturated carbocycles. The van der Waals surface area contributed by atoms with Crippen LogP contribution >= 0.6 is 0 Å². The van der Waals surface area contributed by atoms with Crippen LogP contribution in [0.2, 0.25) is 0 Å². The highest BCUT2D eigenvalue weighted by Gasteiger charge is 2.29. The molecule has 0 aromatic heterocycles. The predicted octanol–water partition coefficient (Wildman–Crippen LogP) is 3.21. The zero-order valence-corrected chi connectivity index (χ0v) is 18.1. The number of hydrogen-bond acceptors (Lipinski definition) is 4. The van der Waals surface area contributed by atoms with E-state index >= 15 is 0 Å². The molecule has 0 aliphatic carbocycles. The van der Waals surface area contributed by atoms with Crippen molar-refractivity contribution in [2.45, 2.75) is 30.6 Å². The predicted molar refractivity (Wildman–Crippen MR) is 118 cm³/mol. The van der Waals surface area contributed by atoms with Crippen molar-refractivity contribution in [3.8, 4) is 0 Å². The standard InChI is InChI=1S/C23H29N3O3S/c27-23(25-13-6-1-2-7-14-25)20-9-8-12-22(19-20)30(28,29)26-17-15-24(16-18-26)21-10-4-3-5-11-21/h3-5,8-12,19H,1-2,6-7,13-18H2. The lowest BCUT2D eigenvalue weighted by Crippen LogP contribution is -2.48. The number of sulfonamides is 1. The van der Waals surface area contributed by atoms with Gasteiger partial charge in [0.25, 0.3) is 5.91 Å². The molecule has 0 N–H and O–H groups in total. The van der Waals surface area contributed by atoms with Crippen LogP contribution in [-0.4, -0.2) is 62.8 Å². The van der Waals surface area contributed by atoms with Crippen molar-refractivity contribution in [2.75, 3.05) is 44.2 Å². The van der Waals surface area contributed by atoms with E-state index in [4.69, 9.17) is 0 Å². The summed E-state index contributed by atoms with van der Waals surface area (Å²) in [4.78, 5) is 17.2. The Kier molecular flexibility index (Phi) is 6.39. The topological polar surface area (TPSA) is 60.9 Å². The van der Waals surface area contributed by atoms with Gasteiger partial charge in [-0.25, -0.2) is 8.42 Å². The minimum Gasteiger partial charge on any atom is -0.369 e. The zero-order chi connectivity index (χ0) is 21.0. The molecular formula is C23H29N3O3S. The van der Waals surface area contributed by atoms with Gasteiger partial charge in [0.15, 0.2) is 0 Å². The number of hydrogen-bond donors (Lipinski definition) is 0. The van der Waals surface area contributed by atoms with E-state index in [1.165, 1.54) is 4.31 Å². The Labute approximate surface area is 179 Å². The number of piperazine rings is 1. The number of benzene rings is 2. The van der Waals surface area contributed by atoms with Crippen molar-refractivity contribution < 1.29 is 13.2 Å². The second kappa shape index (κ2) is 9.18. The summed E-state index contributed by atoms with van der Waals surface area (Å²) >= 11 is 0. The van der Waals surface area contributed by atoms with Crippen LogP contribution in [0.25, 0.3) is 0 Å². The summed E-state index contributed by atoms with van der Waals surface area (Å²) in [6.45, 7) is 3.66. The van der Waals surface area contributed by atoms with Gasteiger partial charge in [0.2, 0.25) is 10.0 Å². The van der Waals surface area contributed by atoms with Crippen LogP contribution < -0.4 is 4.90 Å². The largest absolute Gasteiger partial charge is 0.369 e. The molecular weight excluding hydrogens is 398 g/mol. The lowest BCUT2D eigenvalue weighted by atomic mass is 10.2. The molecule has 7 heteroatoms. The second-order valence-electron chi connectivity index (χ2n) is 7.96. The smallest absolute Gasteiger partial charge is 0.253 e. The van der Waals surface area contributed by atoms with Crippen LogP contribution in [0.3, 0.4) is 0 Å². The van der Waals surface area contributed by atoms with Crippen molar-refractivity contribution in [1.29, 1.82) is 0 Å². The van der Waals surface area contributed by atoms with Crippen molar-refractivity contribution in [1.82, 2.24) is 9.21 Å². The molecule has 2 aromatic carbocycles. The monoisotopic (exact) mass is 427 g/mol. The van der Waals surface area contributed by atoms with Gasteiger partial charge in [-0.3, -0.25) is 4.79 Å². The molecule has 2 aliphatic rings. The molecule has 0 atom stereocenters. The van der Waals surface area contributed by atoms with E-state index in [0.29, 0.717) is 31.7 Å². The summed E-state index contributed by atoms with van der Waals surface area (Å²) in [7, 11) is -3.63. The molecule has 30 heavy (non-hydrogen) atoms. The molecule has 0 unspecified atom stereocenters. The fourth-order valence-corrected chi connectivity index (χ4v) is 5.69. The second-order valence-corrected chi connectivity index (χ2v) is 9.90. The lowest BCUT2D eigenvalue weighted by molar-refractivity contribution is 0.0761. The minimum atomic E-state index is -3.63. The average molecular weight is 428 g/mol. The Morgan fingerprint density at radius 3 is 2.07 bits per heavy atom. The van der Waals surface area contributed by atoms with Crippen LogP contribution in [-0.2, 0) is 10.0 Å². The number of carbonyl (C=O) groups excluding carboxylic acids is 1. The Hall–Kier alpha value is -2.38. The van der Waals surface area contributed by atoms with Crippen molar-refractivity contribution >= 4 is 21.6 Å². The van der Waals surface area contributed by atoms with Crippen LogP contribution in [0.4, 0.5) is 5.69 Å². The fourth-order valence-electron chi connectivity index (χ4n) is 4.22. The molecule has 0 bridgehead atoms. The molecule has 160 valence electrons. The summed E-state index contributed by atoms with van der Waals surface area (Å²) in [5.74, 6) is -0.0668. The maximum atomic E-state index is 13.2. The number of carbonyl (C=O) groups is 1. The molecule has 0 spiro atoms. The normalized spacial score (nSPS) is 18.8. The fraction of sp³-hybridized carbons (Fsp3) is 0.435. The molecule has 6 nitrogen and oxygen atoms in total. The summed E-state index contributed by atoms with van der Waals surface area (Å²) in [5.41, 5.74) is 1.57. The highest BCUT2D eigenvalue weighted by atomic mass is 32.2. The summed E-state index contributed by atoms with van der Waals surface area (Å²) in [6.07, 6.45) is 4.31. The van der Waals surface area contributed by atoms with E-state index in [2.05, 4.69) is 4.90 Å². The van der Waals surface area contributed by atoms with E-state index in [0.717, 1.165) is 44.5 Å². The van der Waals surface area contributed by atoms with Gasteiger partial charge >= 0.3 is 0 Å². The number of anilines is 1. The van der Waals surface area contributed by atoms with Crippen LogP contribution in [0.15, 0.2) is 59.5 Å². The maximum Gasteiger partial charge on any atom is 0.253 e. The van der Waals surface area contributed by atoms with Crippen molar-refractivity contribution in [3.63, 3.8) is 0 Å². The average Bonchev–Trinajstić information content (AvgIpc) is 3.09. The first-order valence-corrected chi connectivity index (χ1v) is 12.2. The highest BCUT2D eigenvalue weighted by molar-refractivity contribution is 7.89. The molecule has 2 aliphatic heterocycles. The summed E-state index contributed by atoms with van der Waals surface area (Å²) in [6, 6.07) is 16.6. The molecule has 2 saturated heterocycles. The summed E-state index contributed by atoms with van der Waals surface area (Å²) in [5, 5.41) is 0. The Bertz CT molecular complexity index is 962. The van der Waals surface area contributed by atoms with E-state index in [-0.39, 0.29) is 10.8 Å². The maximum absolute atomic E-state index is 13.2. The van der Waals surface area contributed by atoms with Crippen molar-refractivity contribution in [3.05, 3.63) is 60.2 Å². The molecule has 4 rings (SSSR count). The first kappa shape index (κ1) is 20.9. The Balaban J connectivity index is 1.47. The van der Waals surface area contributed by atoms with Gasteiger partial charge in [-0.1, -0.05) is 37.1 Å². The number of likely N-dealkylation sites (tertiary alicyclic amines) is 1. The zero-order valence-electron chi connectivity index (χ0n) is 17.2. The Morgan fingerprint density at radius 1 is 0.733 bits per heavy atom. The highest BCUT2D eigenvalue weighted by Crippen LogP contribution is 2.22. The van der Waals surface area contributed by atoms with E-state index in [1.54, 1.807) is 24.3 Å². The Morgan fingerprint density at radius 2 is 1.40 bits per heavy atom. The SMILES string of the molecule is O=C(c1cccc(S(=O)(=O)N2CCN(c3ccccc3)CC2)c1)N1CCCCCC1. The van der Waals surface area contributed by atoms with Gasteiger partial charge in [0.05, 0.1) is 4.90 Å². The van der Waals surface area contributed by atoms with Gasteiger partial charge in [-0.2, -0.15) is 4.31 Å². The molecule has 2 heterocycles. The number of rotatable bonds is 4. The van der Waals surface area contributed by atoms with Gasteiger partial charge in [0, 0.05) is 50.5 Å². The van der Waals surface area contributed by atoms with Crippen LogP contribution in [0, 0.1) is 0 Å². The molecule has 1 amide bonds. The number of nitrogens with zero attached hydrogens (tertiary/aromatic N) is 3. The quantitative estimate of drug-likeness (QED) is 0.752.